The summed E-state index contributed by atoms with van der Waals surface area (Å²) in [6.07, 6.45) is 13.8. The van der Waals surface area contributed by atoms with Gasteiger partial charge in [-0.25, -0.2) is 4.67 Å². The first-order valence-corrected chi connectivity index (χ1v) is 15.4. The van der Waals surface area contributed by atoms with Crippen LogP contribution < -0.4 is 0 Å². The van der Waals surface area contributed by atoms with Gasteiger partial charge in [0.1, 0.15) is 0 Å². The van der Waals surface area contributed by atoms with Crippen molar-refractivity contribution in [1.82, 2.24) is 4.67 Å². The third-order valence-electron chi connectivity index (χ3n) is 6.74. The molecule has 0 fully saturated rings. The Morgan fingerprint density at radius 2 is 1.03 bits per heavy atom. The molecule has 4 unspecified atom stereocenters. The van der Waals surface area contributed by atoms with Gasteiger partial charge in [0.05, 0.1) is 25.7 Å². The van der Waals surface area contributed by atoms with Crippen LogP contribution in [0.4, 0.5) is 0 Å². The van der Waals surface area contributed by atoms with E-state index in [2.05, 4.69) is 73.1 Å². The third kappa shape index (κ3) is 18.1. The first-order chi connectivity index (χ1) is 16.1. The average Bonchev–Trinajstić information content (AvgIpc) is 2.73. The quantitative estimate of drug-likeness (QED) is 0.110. The van der Waals surface area contributed by atoms with E-state index in [9.17, 15) is 0 Å². The number of nitriles is 1. The molecule has 5 heteroatoms. The summed E-state index contributed by atoms with van der Waals surface area (Å²) in [5, 5.41) is 8.85. The van der Waals surface area contributed by atoms with Gasteiger partial charge in [0.15, 0.2) is 0 Å². The standard InChI is InChI=1S/C29H59N2O2P/c1-24(2)14-10-15-27(7)16-11-17-28(8)18-12-19-29(9)20-23-33-34(32-22-13-21-30)31(25(3)4)26(5)6/h24-29H,10-20,22-23H2,1-9H3. The van der Waals surface area contributed by atoms with Crippen molar-refractivity contribution < 1.29 is 9.05 Å². The molecule has 34 heavy (non-hydrogen) atoms. The number of nitrogens with zero attached hydrogens (tertiary/aromatic N) is 2. The zero-order valence-corrected chi connectivity index (χ0v) is 25.2. The molecule has 0 N–H and O–H groups in total. The summed E-state index contributed by atoms with van der Waals surface area (Å²) < 4.78 is 14.6. The molecule has 0 aliphatic carbocycles. The van der Waals surface area contributed by atoms with Crippen molar-refractivity contribution in [2.45, 2.75) is 145 Å². The maximum Gasteiger partial charge on any atom is 0.259 e. The molecule has 0 aliphatic rings. The molecule has 0 amide bonds. The van der Waals surface area contributed by atoms with Crippen molar-refractivity contribution in [3.63, 3.8) is 0 Å². The van der Waals surface area contributed by atoms with Gasteiger partial charge in [-0.15, -0.1) is 0 Å². The van der Waals surface area contributed by atoms with E-state index in [1.54, 1.807) is 0 Å². The third-order valence-corrected chi connectivity index (χ3v) is 8.85. The minimum atomic E-state index is -1.11. The highest BCUT2D eigenvalue weighted by atomic mass is 31.2. The Morgan fingerprint density at radius 1 is 0.618 bits per heavy atom. The molecule has 0 radical (unpaired) electrons. The number of rotatable bonds is 22. The summed E-state index contributed by atoms with van der Waals surface area (Å²) in [6.45, 7) is 21.8. The molecule has 0 rings (SSSR count). The lowest BCUT2D eigenvalue weighted by molar-refractivity contribution is 0.169. The molecule has 0 aromatic carbocycles. The van der Waals surface area contributed by atoms with E-state index < -0.39 is 8.53 Å². The second-order valence-corrected chi connectivity index (χ2v) is 13.1. The fourth-order valence-electron chi connectivity index (χ4n) is 4.58. The van der Waals surface area contributed by atoms with E-state index >= 15 is 0 Å². The van der Waals surface area contributed by atoms with Crippen LogP contribution in [-0.4, -0.2) is 30.0 Å². The Morgan fingerprint density at radius 3 is 1.44 bits per heavy atom. The summed E-state index contributed by atoms with van der Waals surface area (Å²) in [7, 11) is -1.11. The monoisotopic (exact) mass is 498 g/mol. The molecule has 0 heterocycles. The topological polar surface area (TPSA) is 45.5 Å². The highest BCUT2D eigenvalue weighted by Gasteiger charge is 2.27. The first-order valence-electron chi connectivity index (χ1n) is 14.3. The predicted octanol–water partition coefficient (Wildman–Crippen LogP) is 9.74. The lowest BCUT2D eigenvalue weighted by Gasteiger charge is -2.35. The molecular weight excluding hydrogens is 439 g/mol. The molecule has 0 saturated carbocycles. The van der Waals surface area contributed by atoms with E-state index in [0.29, 0.717) is 31.0 Å². The van der Waals surface area contributed by atoms with Crippen molar-refractivity contribution >= 4 is 8.53 Å². The van der Waals surface area contributed by atoms with Crippen LogP contribution in [0.2, 0.25) is 0 Å². The Bertz CT molecular complexity index is 499. The van der Waals surface area contributed by atoms with E-state index in [4.69, 9.17) is 14.3 Å². The summed E-state index contributed by atoms with van der Waals surface area (Å²) in [4.78, 5) is 0. The van der Waals surface area contributed by atoms with E-state index in [1.165, 1.54) is 57.8 Å². The molecule has 0 aromatic rings. The van der Waals surface area contributed by atoms with Crippen molar-refractivity contribution in [2.24, 2.45) is 23.7 Å². The van der Waals surface area contributed by atoms with Crippen molar-refractivity contribution in [3.05, 3.63) is 0 Å². The van der Waals surface area contributed by atoms with Gasteiger partial charge >= 0.3 is 0 Å². The van der Waals surface area contributed by atoms with Crippen LogP contribution in [0.15, 0.2) is 0 Å². The van der Waals surface area contributed by atoms with Gasteiger partial charge in [0.25, 0.3) is 8.53 Å². The predicted molar refractivity (Wildman–Crippen MR) is 150 cm³/mol. The molecule has 0 spiro atoms. The molecule has 0 bridgehead atoms. The van der Waals surface area contributed by atoms with Gasteiger partial charge in [0, 0.05) is 12.1 Å². The van der Waals surface area contributed by atoms with Crippen molar-refractivity contribution in [3.8, 4) is 6.07 Å². The van der Waals surface area contributed by atoms with Gasteiger partial charge in [0.2, 0.25) is 0 Å². The minimum absolute atomic E-state index is 0.357. The normalized spacial score (nSPS) is 15.8. The summed E-state index contributed by atoms with van der Waals surface area (Å²) in [6, 6.07) is 2.88. The molecule has 202 valence electrons. The van der Waals surface area contributed by atoms with Crippen molar-refractivity contribution in [2.75, 3.05) is 13.2 Å². The Balaban J connectivity index is 4.11. The molecule has 0 aliphatic heterocycles. The summed E-state index contributed by atoms with van der Waals surface area (Å²) >= 11 is 0. The van der Waals surface area contributed by atoms with Gasteiger partial charge < -0.3 is 9.05 Å². The molecule has 0 aromatic heterocycles. The van der Waals surface area contributed by atoms with E-state index in [1.807, 2.05) is 0 Å². The zero-order valence-electron chi connectivity index (χ0n) is 24.3. The fourth-order valence-corrected chi connectivity index (χ4v) is 6.19. The second-order valence-electron chi connectivity index (χ2n) is 11.7. The average molecular weight is 499 g/mol. The Hall–Kier alpha value is -0.200. The van der Waals surface area contributed by atoms with Crippen LogP contribution in [0.25, 0.3) is 0 Å². The van der Waals surface area contributed by atoms with Gasteiger partial charge in [-0.1, -0.05) is 92.4 Å². The van der Waals surface area contributed by atoms with Crippen molar-refractivity contribution in [1.29, 1.82) is 5.26 Å². The molecule has 4 nitrogen and oxygen atoms in total. The molecule has 0 saturated heterocycles. The summed E-state index contributed by atoms with van der Waals surface area (Å²) in [5.41, 5.74) is 0. The van der Waals surface area contributed by atoms with Crippen LogP contribution in [0.5, 0.6) is 0 Å². The molecular formula is C29H59N2O2P. The van der Waals surface area contributed by atoms with Crippen LogP contribution in [0, 0.1) is 35.0 Å². The maximum atomic E-state index is 8.85. The van der Waals surface area contributed by atoms with Crippen LogP contribution in [0.3, 0.4) is 0 Å². The minimum Gasteiger partial charge on any atom is -0.322 e. The second kappa shape index (κ2) is 20.9. The fraction of sp³-hybridized carbons (Fsp3) is 0.966. The largest absolute Gasteiger partial charge is 0.322 e. The number of hydrogen-bond acceptors (Lipinski definition) is 4. The highest BCUT2D eigenvalue weighted by Crippen LogP contribution is 2.46. The Labute approximate surface area is 215 Å². The van der Waals surface area contributed by atoms with Crippen LogP contribution in [-0.2, 0) is 9.05 Å². The van der Waals surface area contributed by atoms with Gasteiger partial charge in [-0.3, -0.25) is 0 Å². The van der Waals surface area contributed by atoms with Crippen LogP contribution in [0.1, 0.15) is 133 Å². The molecule has 4 atom stereocenters. The zero-order chi connectivity index (χ0) is 25.9. The van der Waals surface area contributed by atoms with E-state index in [-0.39, 0.29) is 0 Å². The Kier molecular flexibility index (Phi) is 20.8. The first kappa shape index (κ1) is 33.8. The van der Waals surface area contributed by atoms with E-state index in [0.717, 1.165) is 30.8 Å². The van der Waals surface area contributed by atoms with Gasteiger partial charge in [-0.05, 0) is 57.8 Å². The van der Waals surface area contributed by atoms with Crippen LogP contribution >= 0.6 is 8.53 Å². The smallest absolute Gasteiger partial charge is 0.259 e. The lowest BCUT2D eigenvalue weighted by atomic mass is 9.91. The lowest BCUT2D eigenvalue weighted by Crippen LogP contribution is -2.33. The maximum absolute atomic E-state index is 8.85. The SMILES string of the molecule is CC(C)CCCC(C)CCCC(C)CCCC(C)CCOP(OCCC#N)N(C(C)C)C(C)C. The van der Waals surface area contributed by atoms with Gasteiger partial charge in [-0.2, -0.15) is 5.26 Å². The highest BCUT2D eigenvalue weighted by molar-refractivity contribution is 7.44. The summed E-state index contributed by atoms with van der Waals surface area (Å²) in [5.74, 6) is 3.26. The number of hydrogen-bond donors (Lipinski definition) is 0.